The summed E-state index contributed by atoms with van der Waals surface area (Å²) in [6.07, 6.45) is 0.691. The minimum atomic E-state index is -0.0846. The zero-order chi connectivity index (χ0) is 18.2. The fraction of sp³-hybridized carbons (Fsp3) is 0.278. The summed E-state index contributed by atoms with van der Waals surface area (Å²) in [5.74, 6) is 2.42. The summed E-state index contributed by atoms with van der Waals surface area (Å²) in [6, 6.07) is 9.21. The highest BCUT2D eigenvalue weighted by atomic mass is 32.1. The van der Waals surface area contributed by atoms with Crippen LogP contribution in [0.1, 0.15) is 12.3 Å². The molecule has 0 atom stereocenters. The normalized spacial score (nSPS) is 10.5. The Morgan fingerprint density at radius 3 is 2.77 bits per heavy atom. The van der Waals surface area contributed by atoms with Gasteiger partial charge in [-0.15, -0.1) is 0 Å². The molecule has 0 aliphatic carbocycles. The minimum absolute atomic E-state index is 0.0846. The molecule has 3 aromatic rings. The number of hydrogen-bond donors (Lipinski definition) is 1. The fourth-order valence-electron chi connectivity index (χ4n) is 2.21. The van der Waals surface area contributed by atoms with Crippen molar-refractivity contribution >= 4 is 17.2 Å². The first-order valence-electron chi connectivity index (χ1n) is 8.13. The molecule has 1 aromatic carbocycles. The third-order valence-electron chi connectivity index (χ3n) is 3.57. The quantitative estimate of drug-likeness (QED) is 0.581. The Hall–Kier alpha value is -2.87. The second-order valence-corrected chi connectivity index (χ2v) is 6.18. The number of methoxy groups -OCH3 is 1. The molecule has 1 N–H and O–H groups in total. The van der Waals surface area contributed by atoms with Gasteiger partial charge in [-0.25, -0.2) is 0 Å². The van der Waals surface area contributed by atoms with E-state index in [1.165, 1.54) is 0 Å². The van der Waals surface area contributed by atoms with Crippen molar-refractivity contribution in [3.63, 3.8) is 0 Å². The molecule has 8 heteroatoms. The number of aryl methyl sites for hydroxylation is 1. The largest absolute Gasteiger partial charge is 0.497 e. The Bertz CT molecular complexity index is 815. The van der Waals surface area contributed by atoms with Gasteiger partial charge in [0.1, 0.15) is 18.1 Å². The Balaban J connectivity index is 1.34. The molecule has 0 fully saturated rings. The lowest BCUT2D eigenvalue weighted by atomic mass is 10.3. The van der Waals surface area contributed by atoms with Crippen LogP contribution < -0.4 is 14.8 Å². The molecular formula is C18H19N3O4S. The highest BCUT2D eigenvalue weighted by Crippen LogP contribution is 2.19. The molecule has 2 aromatic heterocycles. The van der Waals surface area contributed by atoms with Crippen LogP contribution in [0.25, 0.3) is 11.4 Å². The van der Waals surface area contributed by atoms with Gasteiger partial charge in [0.2, 0.25) is 17.6 Å². The van der Waals surface area contributed by atoms with Crippen molar-refractivity contribution < 1.29 is 18.8 Å². The molecule has 0 unspecified atom stereocenters. The van der Waals surface area contributed by atoms with E-state index in [1.807, 2.05) is 41.1 Å². The number of benzene rings is 1. The summed E-state index contributed by atoms with van der Waals surface area (Å²) in [4.78, 5) is 16.2. The maximum atomic E-state index is 11.9. The number of amides is 1. The van der Waals surface area contributed by atoms with Crippen molar-refractivity contribution in [1.29, 1.82) is 0 Å². The van der Waals surface area contributed by atoms with Crippen LogP contribution in [0.5, 0.6) is 11.5 Å². The predicted molar refractivity (Wildman–Crippen MR) is 97.4 cm³/mol. The number of hydrogen-bond acceptors (Lipinski definition) is 7. The smallest absolute Gasteiger partial charge is 0.227 e. The first kappa shape index (κ1) is 17.9. The Morgan fingerprint density at radius 2 is 2.04 bits per heavy atom. The van der Waals surface area contributed by atoms with E-state index >= 15 is 0 Å². The van der Waals surface area contributed by atoms with E-state index in [4.69, 9.17) is 14.0 Å². The van der Waals surface area contributed by atoms with Crippen LogP contribution in [-0.4, -0.2) is 36.3 Å². The van der Waals surface area contributed by atoms with E-state index in [2.05, 4.69) is 15.5 Å². The highest BCUT2D eigenvalue weighted by molar-refractivity contribution is 7.08. The Kier molecular flexibility index (Phi) is 6.21. The van der Waals surface area contributed by atoms with Gasteiger partial charge in [-0.2, -0.15) is 16.3 Å². The number of carbonyl (C=O) groups excluding carboxylic acids is 1. The van der Waals surface area contributed by atoms with Crippen LogP contribution in [-0.2, 0) is 11.2 Å². The molecule has 0 bridgehead atoms. The van der Waals surface area contributed by atoms with Crippen LogP contribution in [0.2, 0.25) is 0 Å². The van der Waals surface area contributed by atoms with Gasteiger partial charge in [0.05, 0.1) is 13.7 Å². The van der Waals surface area contributed by atoms with E-state index in [0.29, 0.717) is 31.3 Å². The van der Waals surface area contributed by atoms with Gasteiger partial charge in [-0.3, -0.25) is 4.79 Å². The number of nitrogens with one attached hydrogen (secondary N) is 1. The Morgan fingerprint density at radius 1 is 1.23 bits per heavy atom. The van der Waals surface area contributed by atoms with E-state index in [9.17, 15) is 4.79 Å². The minimum Gasteiger partial charge on any atom is -0.497 e. The van der Waals surface area contributed by atoms with Gasteiger partial charge >= 0.3 is 0 Å². The zero-order valence-electron chi connectivity index (χ0n) is 14.3. The van der Waals surface area contributed by atoms with Gasteiger partial charge in [0, 0.05) is 23.8 Å². The number of nitrogens with zero attached hydrogens (tertiary/aromatic N) is 2. The molecule has 0 aliphatic rings. The fourth-order valence-corrected chi connectivity index (χ4v) is 2.84. The summed E-state index contributed by atoms with van der Waals surface area (Å²) in [5, 5.41) is 10.6. The first-order chi connectivity index (χ1) is 12.7. The molecular weight excluding hydrogens is 354 g/mol. The third-order valence-corrected chi connectivity index (χ3v) is 4.25. The molecule has 0 aliphatic heterocycles. The molecule has 26 heavy (non-hydrogen) atoms. The molecule has 0 saturated carbocycles. The number of carbonyl (C=O) groups is 1. The highest BCUT2D eigenvalue weighted by Gasteiger charge is 2.10. The predicted octanol–water partition coefficient (Wildman–Crippen LogP) is 2.93. The summed E-state index contributed by atoms with van der Waals surface area (Å²) < 4.78 is 15.8. The maximum Gasteiger partial charge on any atom is 0.227 e. The van der Waals surface area contributed by atoms with Crippen molar-refractivity contribution in [3.05, 3.63) is 47.0 Å². The van der Waals surface area contributed by atoms with Crippen molar-refractivity contribution in [2.75, 3.05) is 20.3 Å². The summed E-state index contributed by atoms with van der Waals surface area (Å²) in [7, 11) is 1.61. The lowest BCUT2D eigenvalue weighted by Gasteiger charge is -2.08. The van der Waals surface area contributed by atoms with Crippen LogP contribution in [0.3, 0.4) is 0 Å². The summed E-state index contributed by atoms with van der Waals surface area (Å²) in [6.45, 7) is 0.815. The summed E-state index contributed by atoms with van der Waals surface area (Å²) >= 11 is 1.57. The number of ether oxygens (including phenoxy) is 2. The number of aromatic nitrogens is 2. The van der Waals surface area contributed by atoms with Crippen LogP contribution in [0.15, 0.2) is 45.6 Å². The van der Waals surface area contributed by atoms with Crippen molar-refractivity contribution in [2.24, 2.45) is 0 Å². The lowest BCUT2D eigenvalue weighted by Crippen LogP contribution is -2.28. The SMILES string of the molecule is COc1ccc(OCCNC(=O)CCc2nc(-c3ccsc3)no2)cc1. The zero-order valence-corrected chi connectivity index (χ0v) is 15.1. The molecule has 1 amide bonds. The number of rotatable bonds is 9. The van der Waals surface area contributed by atoms with Crippen LogP contribution in [0, 0.1) is 0 Å². The van der Waals surface area contributed by atoms with E-state index in [-0.39, 0.29) is 12.3 Å². The molecule has 2 heterocycles. The molecule has 0 saturated heterocycles. The maximum absolute atomic E-state index is 11.9. The average molecular weight is 373 g/mol. The Labute approximate surface area is 154 Å². The van der Waals surface area contributed by atoms with E-state index < -0.39 is 0 Å². The van der Waals surface area contributed by atoms with Gasteiger partial charge in [0.15, 0.2) is 0 Å². The van der Waals surface area contributed by atoms with Gasteiger partial charge in [-0.1, -0.05) is 5.16 Å². The van der Waals surface area contributed by atoms with Crippen LogP contribution in [0.4, 0.5) is 0 Å². The third kappa shape index (κ3) is 5.06. The van der Waals surface area contributed by atoms with Gasteiger partial charge in [-0.05, 0) is 35.7 Å². The second-order valence-electron chi connectivity index (χ2n) is 5.40. The lowest BCUT2D eigenvalue weighted by molar-refractivity contribution is -0.121. The average Bonchev–Trinajstić information content (AvgIpc) is 3.35. The second kappa shape index (κ2) is 9.00. The summed E-state index contributed by atoms with van der Waals surface area (Å²) in [5.41, 5.74) is 0.921. The molecule has 7 nitrogen and oxygen atoms in total. The first-order valence-corrected chi connectivity index (χ1v) is 9.07. The number of thiophene rings is 1. The standard InChI is InChI=1S/C18H19N3O4S/c1-23-14-2-4-15(5-3-14)24-10-9-19-16(22)6-7-17-20-18(21-25-17)13-8-11-26-12-13/h2-5,8,11-12H,6-7,9-10H2,1H3,(H,19,22). The van der Waals surface area contributed by atoms with Crippen molar-refractivity contribution in [1.82, 2.24) is 15.5 Å². The monoisotopic (exact) mass is 373 g/mol. The van der Waals surface area contributed by atoms with Crippen molar-refractivity contribution in [3.8, 4) is 22.9 Å². The van der Waals surface area contributed by atoms with Gasteiger partial charge < -0.3 is 19.3 Å². The van der Waals surface area contributed by atoms with E-state index in [0.717, 1.165) is 17.1 Å². The molecule has 0 spiro atoms. The topological polar surface area (TPSA) is 86.5 Å². The van der Waals surface area contributed by atoms with E-state index in [1.54, 1.807) is 18.4 Å². The van der Waals surface area contributed by atoms with Gasteiger partial charge in [0.25, 0.3) is 0 Å². The molecule has 3 rings (SSSR count). The van der Waals surface area contributed by atoms with Crippen LogP contribution >= 0.6 is 11.3 Å². The molecule has 136 valence electrons. The molecule has 0 radical (unpaired) electrons. The van der Waals surface area contributed by atoms with Crippen molar-refractivity contribution in [2.45, 2.75) is 12.8 Å².